The molecule has 0 saturated heterocycles. The second-order valence-corrected chi connectivity index (χ2v) is 4.73. The van der Waals surface area contributed by atoms with Crippen LogP contribution in [0.5, 0.6) is 5.75 Å². The molecular weight excluding hydrogens is 318 g/mol. The molecule has 2 aromatic rings. The maximum atomic E-state index is 11.3. The number of esters is 1. The van der Waals surface area contributed by atoms with Crippen LogP contribution in [0.25, 0.3) is 10.8 Å². The van der Waals surface area contributed by atoms with E-state index >= 15 is 0 Å². The van der Waals surface area contributed by atoms with Gasteiger partial charge >= 0.3 is 5.97 Å². The number of benzene rings is 2. The van der Waals surface area contributed by atoms with Crippen LogP contribution in [0.2, 0.25) is 0 Å². The normalized spacial score (nSPS) is 11.8. The summed E-state index contributed by atoms with van der Waals surface area (Å²) in [5, 5.41) is 2.20. The van der Waals surface area contributed by atoms with Crippen LogP contribution in [0.3, 0.4) is 0 Å². The van der Waals surface area contributed by atoms with Crippen LogP contribution in [0.1, 0.15) is 31.7 Å². The van der Waals surface area contributed by atoms with Crippen molar-refractivity contribution >= 4 is 33.7 Å². The number of rotatable bonds is 4. The number of hydrogen-bond donors (Lipinski definition) is 1. The number of carbonyl (C=O) groups excluding carboxylic acids is 1. The van der Waals surface area contributed by atoms with Gasteiger partial charge in [0.1, 0.15) is 5.75 Å². The Labute approximate surface area is 129 Å². The van der Waals surface area contributed by atoms with E-state index in [1.165, 1.54) is 5.56 Å². The van der Waals surface area contributed by atoms with Gasteiger partial charge in [-0.3, -0.25) is 4.79 Å². The third-order valence-corrected chi connectivity index (χ3v) is 3.28. The molecule has 0 aromatic heterocycles. The molecule has 108 valence electrons. The monoisotopic (exact) mass is 337 g/mol. The van der Waals surface area contributed by atoms with Gasteiger partial charge in [0, 0.05) is 6.42 Å². The van der Waals surface area contributed by atoms with Gasteiger partial charge in [-0.15, -0.1) is 17.0 Å². The summed E-state index contributed by atoms with van der Waals surface area (Å²) >= 11 is 0. The molecule has 1 unspecified atom stereocenters. The molecule has 0 radical (unpaired) electrons. The summed E-state index contributed by atoms with van der Waals surface area (Å²) in [7, 11) is 0. The van der Waals surface area contributed by atoms with Crippen molar-refractivity contribution < 1.29 is 9.53 Å². The Bertz CT molecular complexity index is 598. The minimum Gasteiger partial charge on any atom is -0.427 e. The van der Waals surface area contributed by atoms with Gasteiger partial charge in [0.2, 0.25) is 0 Å². The van der Waals surface area contributed by atoms with E-state index in [4.69, 9.17) is 10.5 Å². The van der Waals surface area contributed by atoms with E-state index in [-0.39, 0.29) is 23.0 Å². The third kappa shape index (κ3) is 3.81. The van der Waals surface area contributed by atoms with Crippen LogP contribution >= 0.6 is 17.0 Å². The molecule has 1 atom stereocenters. The fourth-order valence-corrected chi connectivity index (χ4v) is 1.95. The van der Waals surface area contributed by atoms with Gasteiger partial charge < -0.3 is 10.5 Å². The van der Waals surface area contributed by atoms with Gasteiger partial charge in [-0.2, -0.15) is 0 Å². The van der Waals surface area contributed by atoms with Gasteiger partial charge in [-0.1, -0.05) is 38.1 Å². The first-order valence-corrected chi connectivity index (χ1v) is 6.58. The lowest BCUT2D eigenvalue weighted by molar-refractivity contribution is -0.134. The van der Waals surface area contributed by atoms with E-state index in [0.29, 0.717) is 24.6 Å². The Balaban J connectivity index is 0.00000200. The number of ether oxygens (including phenoxy) is 1. The molecule has 3 nitrogen and oxygen atoms in total. The predicted octanol–water partition coefficient (Wildman–Crippen LogP) is 3.80. The van der Waals surface area contributed by atoms with Crippen LogP contribution in [0.15, 0.2) is 36.4 Å². The summed E-state index contributed by atoms with van der Waals surface area (Å²) in [6.07, 6.45) is 0.377. The third-order valence-electron chi connectivity index (χ3n) is 3.28. The maximum Gasteiger partial charge on any atom is 0.310 e. The van der Waals surface area contributed by atoms with E-state index in [2.05, 4.69) is 25.1 Å². The van der Waals surface area contributed by atoms with E-state index in [1.807, 2.05) is 18.2 Å². The van der Waals surface area contributed by atoms with Crippen molar-refractivity contribution in [1.82, 2.24) is 0 Å². The van der Waals surface area contributed by atoms with Crippen molar-refractivity contribution in [3.8, 4) is 5.75 Å². The molecule has 4 heteroatoms. The minimum atomic E-state index is -0.217. The van der Waals surface area contributed by atoms with Crippen LogP contribution in [0.4, 0.5) is 0 Å². The zero-order valence-corrected chi connectivity index (χ0v) is 13.5. The zero-order valence-electron chi connectivity index (χ0n) is 11.8. The van der Waals surface area contributed by atoms with E-state index in [9.17, 15) is 4.79 Å². The van der Waals surface area contributed by atoms with E-state index in [1.54, 1.807) is 6.92 Å². The fourth-order valence-electron chi connectivity index (χ4n) is 1.95. The Morgan fingerprint density at radius 1 is 1.20 bits per heavy atom. The zero-order chi connectivity index (χ0) is 13.8. The number of hydrogen-bond acceptors (Lipinski definition) is 3. The highest BCUT2D eigenvalue weighted by Crippen LogP contribution is 2.25. The molecular formula is C16H20BrNO2. The molecule has 2 rings (SSSR count). The van der Waals surface area contributed by atoms with E-state index in [0.717, 1.165) is 10.8 Å². The summed E-state index contributed by atoms with van der Waals surface area (Å²) < 4.78 is 5.23. The first-order valence-electron chi connectivity index (χ1n) is 6.58. The highest BCUT2D eigenvalue weighted by Gasteiger charge is 2.06. The summed E-state index contributed by atoms with van der Waals surface area (Å²) in [6, 6.07) is 12.0. The quantitative estimate of drug-likeness (QED) is 0.682. The van der Waals surface area contributed by atoms with Crippen molar-refractivity contribution in [2.75, 3.05) is 6.54 Å². The van der Waals surface area contributed by atoms with Crippen LogP contribution < -0.4 is 10.5 Å². The van der Waals surface area contributed by atoms with Crippen molar-refractivity contribution in [2.24, 2.45) is 5.73 Å². The van der Waals surface area contributed by atoms with E-state index < -0.39 is 0 Å². The molecule has 20 heavy (non-hydrogen) atoms. The summed E-state index contributed by atoms with van der Waals surface area (Å²) in [5.74, 6) is 0.703. The molecule has 0 heterocycles. The average molecular weight is 338 g/mol. The number of fused-ring (bicyclic) bond motifs is 1. The Kier molecular flexibility index (Phi) is 6.17. The summed E-state index contributed by atoms with van der Waals surface area (Å²) in [6.45, 7) is 4.50. The fraction of sp³-hybridized carbons (Fsp3) is 0.312. The number of nitrogens with two attached hydrogens (primary N) is 1. The number of carbonyl (C=O) groups is 1. The molecule has 0 fully saturated rings. The van der Waals surface area contributed by atoms with Crippen LogP contribution in [-0.2, 0) is 4.79 Å². The highest BCUT2D eigenvalue weighted by atomic mass is 79.9. The molecule has 2 aromatic carbocycles. The van der Waals surface area contributed by atoms with Gasteiger partial charge in [0.05, 0.1) is 0 Å². The minimum absolute atomic E-state index is 0. The molecule has 2 N–H and O–H groups in total. The first kappa shape index (κ1) is 16.7. The summed E-state index contributed by atoms with van der Waals surface area (Å²) in [5.41, 5.74) is 6.90. The SMILES string of the molecule is Br.CCC(=O)Oc1ccc2ccc(C(C)CN)cc2c1. The van der Waals surface area contributed by atoms with Crippen molar-refractivity contribution in [3.05, 3.63) is 42.0 Å². The highest BCUT2D eigenvalue weighted by molar-refractivity contribution is 8.93. The summed E-state index contributed by atoms with van der Waals surface area (Å²) in [4.78, 5) is 11.3. The van der Waals surface area contributed by atoms with Crippen molar-refractivity contribution in [2.45, 2.75) is 26.2 Å². The first-order chi connectivity index (χ1) is 9.13. The lowest BCUT2D eigenvalue weighted by atomic mass is 9.98. The van der Waals surface area contributed by atoms with Gasteiger partial charge in [0.25, 0.3) is 0 Å². The molecule has 0 saturated carbocycles. The van der Waals surface area contributed by atoms with Crippen molar-refractivity contribution in [3.63, 3.8) is 0 Å². The lowest BCUT2D eigenvalue weighted by Gasteiger charge is -2.10. The maximum absolute atomic E-state index is 11.3. The standard InChI is InChI=1S/C16H19NO2.BrH/c1-3-16(18)19-15-7-6-12-4-5-13(11(2)10-17)8-14(12)9-15;/h4-9,11H,3,10,17H2,1-2H3;1H. The number of halogens is 1. The Morgan fingerprint density at radius 3 is 2.55 bits per heavy atom. The Hall–Kier alpha value is -1.39. The van der Waals surface area contributed by atoms with Crippen LogP contribution in [-0.4, -0.2) is 12.5 Å². The second-order valence-electron chi connectivity index (χ2n) is 4.73. The van der Waals surface area contributed by atoms with Crippen molar-refractivity contribution in [1.29, 1.82) is 0 Å². The molecule has 0 spiro atoms. The van der Waals surface area contributed by atoms with Gasteiger partial charge in [-0.25, -0.2) is 0 Å². The molecule has 0 amide bonds. The predicted molar refractivity (Wildman–Crippen MR) is 87.7 cm³/mol. The smallest absolute Gasteiger partial charge is 0.310 e. The van der Waals surface area contributed by atoms with Crippen LogP contribution in [0, 0.1) is 0 Å². The molecule has 0 aliphatic heterocycles. The largest absolute Gasteiger partial charge is 0.427 e. The van der Waals surface area contributed by atoms with Gasteiger partial charge in [0.15, 0.2) is 0 Å². The lowest BCUT2D eigenvalue weighted by Crippen LogP contribution is -2.08. The van der Waals surface area contributed by atoms with Gasteiger partial charge in [-0.05, 0) is 40.9 Å². The molecule has 0 aliphatic carbocycles. The topological polar surface area (TPSA) is 52.3 Å². The second kappa shape index (κ2) is 7.41. The molecule has 0 bridgehead atoms. The average Bonchev–Trinajstić information content (AvgIpc) is 2.45. The Morgan fingerprint density at radius 2 is 1.90 bits per heavy atom. The molecule has 0 aliphatic rings.